The van der Waals surface area contributed by atoms with Crippen LogP contribution in [0.1, 0.15) is 35.4 Å². The smallest absolute Gasteiger partial charge is 0.231 e. The van der Waals surface area contributed by atoms with Crippen molar-refractivity contribution < 1.29 is 4.79 Å². The van der Waals surface area contributed by atoms with E-state index in [-0.39, 0.29) is 11.8 Å². The van der Waals surface area contributed by atoms with E-state index in [1.165, 1.54) is 0 Å². The van der Waals surface area contributed by atoms with E-state index in [9.17, 15) is 4.79 Å². The van der Waals surface area contributed by atoms with Crippen LogP contribution >= 0.6 is 0 Å². The van der Waals surface area contributed by atoms with Gasteiger partial charge in [0.1, 0.15) is 0 Å². The van der Waals surface area contributed by atoms with Crippen molar-refractivity contribution >= 4 is 11.6 Å². The second-order valence-electron chi connectivity index (χ2n) is 4.87. The highest BCUT2D eigenvalue weighted by Gasteiger charge is 2.21. The first-order valence-corrected chi connectivity index (χ1v) is 6.38. The lowest BCUT2D eigenvalue weighted by atomic mass is 9.98. The zero-order valence-electron chi connectivity index (χ0n) is 11.7. The van der Waals surface area contributed by atoms with E-state index in [1.807, 2.05) is 52.0 Å². The molecular formula is C15H19N3O. The minimum atomic E-state index is -0.224. The SMILES string of the molecule is Cc1ccccc1NC(=O)C(C)c1c(C)n[nH]c1C. The highest BCUT2D eigenvalue weighted by atomic mass is 16.1. The Morgan fingerprint density at radius 3 is 2.53 bits per heavy atom. The summed E-state index contributed by atoms with van der Waals surface area (Å²) < 4.78 is 0. The van der Waals surface area contributed by atoms with Crippen LogP contribution in [0.5, 0.6) is 0 Å². The third kappa shape index (κ3) is 2.67. The normalized spacial score (nSPS) is 12.2. The third-order valence-corrected chi connectivity index (χ3v) is 3.41. The largest absolute Gasteiger partial charge is 0.325 e. The number of carbonyl (C=O) groups is 1. The van der Waals surface area contributed by atoms with E-state index in [0.29, 0.717) is 0 Å². The van der Waals surface area contributed by atoms with E-state index in [2.05, 4.69) is 15.5 Å². The van der Waals surface area contributed by atoms with E-state index in [4.69, 9.17) is 0 Å². The van der Waals surface area contributed by atoms with Gasteiger partial charge in [-0.2, -0.15) is 5.10 Å². The van der Waals surface area contributed by atoms with Crippen molar-refractivity contribution in [3.63, 3.8) is 0 Å². The number of aromatic amines is 1. The van der Waals surface area contributed by atoms with E-state index < -0.39 is 0 Å². The Kier molecular flexibility index (Phi) is 3.69. The Morgan fingerprint density at radius 1 is 1.26 bits per heavy atom. The summed E-state index contributed by atoms with van der Waals surface area (Å²) in [4.78, 5) is 12.3. The summed E-state index contributed by atoms with van der Waals surface area (Å²) in [6.45, 7) is 7.73. The van der Waals surface area contributed by atoms with Gasteiger partial charge in [0.05, 0.1) is 11.6 Å². The van der Waals surface area contributed by atoms with Crippen LogP contribution < -0.4 is 5.32 Å². The number of hydrogen-bond donors (Lipinski definition) is 2. The molecule has 4 nitrogen and oxygen atoms in total. The Bertz CT molecular complexity index is 582. The van der Waals surface area contributed by atoms with Crippen molar-refractivity contribution in [2.45, 2.75) is 33.6 Å². The Balaban J connectivity index is 2.19. The van der Waals surface area contributed by atoms with Gasteiger partial charge in [-0.1, -0.05) is 18.2 Å². The quantitative estimate of drug-likeness (QED) is 0.887. The summed E-state index contributed by atoms with van der Waals surface area (Å²) in [6, 6.07) is 7.77. The number of aryl methyl sites for hydroxylation is 3. The fraction of sp³-hybridized carbons (Fsp3) is 0.333. The van der Waals surface area contributed by atoms with Crippen LogP contribution in [0.25, 0.3) is 0 Å². The summed E-state index contributed by atoms with van der Waals surface area (Å²) in [6.07, 6.45) is 0. The zero-order chi connectivity index (χ0) is 14.0. The van der Waals surface area contributed by atoms with Crippen molar-refractivity contribution in [3.8, 4) is 0 Å². The van der Waals surface area contributed by atoms with Gasteiger partial charge in [-0.15, -0.1) is 0 Å². The molecule has 0 aliphatic rings. The van der Waals surface area contributed by atoms with Crippen LogP contribution in [0.2, 0.25) is 0 Å². The van der Waals surface area contributed by atoms with Crippen LogP contribution in [-0.4, -0.2) is 16.1 Å². The lowest BCUT2D eigenvalue weighted by molar-refractivity contribution is -0.117. The summed E-state index contributed by atoms with van der Waals surface area (Å²) >= 11 is 0. The van der Waals surface area contributed by atoms with Gasteiger partial charge >= 0.3 is 0 Å². The number of para-hydroxylation sites is 1. The van der Waals surface area contributed by atoms with E-state index >= 15 is 0 Å². The van der Waals surface area contributed by atoms with E-state index in [0.717, 1.165) is 28.2 Å². The summed E-state index contributed by atoms with van der Waals surface area (Å²) in [5.74, 6) is -0.236. The summed E-state index contributed by atoms with van der Waals surface area (Å²) in [5.41, 5.74) is 4.72. The number of H-pyrrole nitrogens is 1. The fourth-order valence-corrected chi connectivity index (χ4v) is 2.28. The Morgan fingerprint density at radius 2 is 1.95 bits per heavy atom. The predicted octanol–water partition coefficient (Wildman–Crippen LogP) is 3.08. The maximum Gasteiger partial charge on any atom is 0.231 e. The van der Waals surface area contributed by atoms with Crippen LogP contribution in [-0.2, 0) is 4.79 Å². The number of nitrogens with zero attached hydrogens (tertiary/aromatic N) is 1. The monoisotopic (exact) mass is 257 g/mol. The number of benzene rings is 1. The highest BCUT2D eigenvalue weighted by molar-refractivity contribution is 5.96. The molecule has 2 rings (SSSR count). The van der Waals surface area contributed by atoms with Crippen molar-refractivity contribution in [1.29, 1.82) is 0 Å². The molecule has 2 N–H and O–H groups in total. The van der Waals surface area contributed by atoms with Gasteiger partial charge in [0, 0.05) is 16.9 Å². The maximum absolute atomic E-state index is 12.3. The number of aromatic nitrogens is 2. The minimum absolute atomic E-state index is 0.0121. The van der Waals surface area contributed by atoms with E-state index in [1.54, 1.807) is 0 Å². The van der Waals surface area contributed by atoms with Crippen LogP contribution in [0.3, 0.4) is 0 Å². The van der Waals surface area contributed by atoms with Crippen molar-refractivity contribution in [2.24, 2.45) is 0 Å². The molecule has 0 saturated carbocycles. The molecule has 1 aromatic carbocycles. The molecule has 2 aromatic rings. The number of carbonyl (C=O) groups excluding carboxylic acids is 1. The minimum Gasteiger partial charge on any atom is -0.325 e. The van der Waals surface area contributed by atoms with Gasteiger partial charge in [0.25, 0.3) is 0 Å². The molecule has 4 heteroatoms. The van der Waals surface area contributed by atoms with Gasteiger partial charge in [-0.25, -0.2) is 0 Å². The van der Waals surface area contributed by atoms with Crippen molar-refractivity contribution in [3.05, 3.63) is 46.8 Å². The topological polar surface area (TPSA) is 57.8 Å². The Labute approximate surface area is 113 Å². The van der Waals surface area contributed by atoms with Crippen LogP contribution in [0.4, 0.5) is 5.69 Å². The predicted molar refractivity (Wildman–Crippen MR) is 76.3 cm³/mol. The molecule has 0 aliphatic carbocycles. The molecule has 1 atom stereocenters. The molecule has 0 aliphatic heterocycles. The number of rotatable bonds is 3. The average Bonchev–Trinajstić information content (AvgIpc) is 2.71. The molecule has 0 fully saturated rings. The second-order valence-corrected chi connectivity index (χ2v) is 4.87. The molecule has 0 radical (unpaired) electrons. The Hall–Kier alpha value is -2.10. The molecule has 0 saturated heterocycles. The molecule has 1 heterocycles. The second kappa shape index (κ2) is 5.26. The van der Waals surface area contributed by atoms with Gasteiger partial charge in [0.15, 0.2) is 0 Å². The first-order chi connectivity index (χ1) is 9.00. The maximum atomic E-state index is 12.3. The van der Waals surface area contributed by atoms with Crippen LogP contribution in [0.15, 0.2) is 24.3 Å². The number of anilines is 1. The molecule has 0 bridgehead atoms. The summed E-state index contributed by atoms with van der Waals surface area (Å²) in [7, 11) is 0. The molecule has 1 unspecified atom stereocenters. The molecule has 0 spiro atoms. The molecule has 1 amide bonds. The first kappa shape index (κ1) is 13.3. The summed E-state index contributed by atoms with van der Waals surface area (Å²) in [5, 5.41) is 10.0. The van der Waals surface area contributed by atoms with Gasteiger partial charge in [-0.3, -0.25) is 9.89 Å². The fourth-order valence-electron chi connectivity index (χ4n) is 2.28. The number of amides is 1. The highest BCUT2D eigenvalue weighted by Crippen LogP contribution is 2.23. The molecular weight excluding hydrogens is 238 g/mol. The first-order valence-electron chi connectivity index (χ1n) is 6.38. The molecule has 19 heavy (non-hydrogen) atoms. The van der Waals surface area contributed by atoms with Crippen molar-refractivity contribution in [1.82, 2.24) is 10.2 Å². The van der Waals surface area contributed by atoms with Crippen LogP contribution in [0, 0.1) is 20.8 Å². The zero-order valence-corrected chi connectivity index (χ0v) is 11.7. The third-order valence-electron chi connectivity index (χ3n) is 3.41. The molecule has 1 aromatic heterocycles. The van der Waals surface area contributed by atoms with Crippen molar-refractivity contribution in [2.75, 3.05) is 5.32 Å². The lowest BCUT2D eigenvalue weighted by Crippen LogP contribution is -2.20. The van der Waals surface area contributed by atoms with Gasteiger partial charge < -0.3 is 5.32 Å². The molecule has 100 valence electrons. The average molecular weight is 257 g/mol. The number of nitrogens with one attached hydrogen (secondary N) is 2. The van der Waals surface area contributed by atoms with Gasteiger partial charge in [0.2, 0.25) is 5.91 Å². The standard InChI is InChI=1S/C15H19N3O/c1-9-7-5-6-8-13(9)16-15(19)10(2)14-11(3)17-18-12(14)4/h5-8,10H,1-4H3,(H,16,19)(H,17,18). The lowest BCUT2D eigenvalue weighted by Gasteiger charge is -2.14. The van der Waals surface area contributed by atoms with Gasteiger partial charge in [-0.05, 0) is 39.3 Å². The number of hydrogen-bond acceptors (Lipinski definition) is 2.